The first kappa shape index (κ1) is 14.5. The molecule has 1 aromatic carbocycles. The second-order valence-corrected chi connectivity index (χ2v) is 5.09. The summed E-state index contributed by atoms with van der Waals surface area (Å²) >= 11 is 3.52. The Morgan fingerprint density at radius 2 is 1.76 bits per heavy atom. The van der Waals surface area contributed by atoms with E-state index < -0.39 is 0 Å². The lowest BCUT2D eigenvalue weighted by Crippen LogP contribution is -2.35. The van der Waals surface area contributed by atoms with Gasteiger partial charge >= 0.3 is 0 Å². The van der Waals surface area contributed by atoms with Crippen molar-refractivity contribution in [2.45, 2.75) is 39.3 Å². The fourth-order valence-electron chi connectivity index (χ4n) is 2.14. The van der Waals surface area contributed by atoms with Crippen LogP contribution in [0.3, 0.4) is 0 Å². The molecule has 0 fully saturated rings. The van der Waals surface area contributed by atoms with Crippen LogP contribution in [0, 0.1) is 0 Å². The molecule has 0 saturated carbocycles. The zero-order chi connectivity index (χ0) is 12.7. The summed E-state index contributed by atoms with van der Waals surface area (Å²) in [5.41, 5.74) is 1.26. The van der Waals surface area contributed by atoms with Crippen LogP contribution in [-0.4, -0.2) is 27.9 Å². The molecule has 0 radical (unpaired) electrons. The van der Waals surface area contributed by atoms with Crippen LogP contribution in [0.25, 0.3) is 0 Å². The highest BCUT2D eigenvalue weighted by molar-refractivity contribution is 9.09. The largest absolute Gasteiger partial charge is 0.508 e. The lowest BCUT2D eigenvalue weighted by molar-refractivity contribution is 0.189. The molecule has 1 N–H and O–H groups in total. The number of phenolic OH excluding ortho intramolecular Hbond substituents is 1. The molecule has 17 heavy (non-hydrogen) atoms. The minimum Gasteiger partial charge on any atom is -0.508 e. The van der Waals surface area contributed by atoms with Crippen molar-refractivity contribution < 1.29 is 5.11 Å². The maximum atomic E-state index is 9.27. The third-order valence-corrected chi connectivity index (χ3v) is 3.51. The van der Waals surface area contributed by atoms with Crippen molar-refractivity contribution in [2.75, 3.05) is 11.9 Å². The van der Waals surface area contributed by atoms with Gasteiger partial charge in [0.2, 0.25) is 0 Å². The highest BCUT2D eigenvalue weighted by Crippen LogP contribution is 2.16. The zero-order valence-electron chi connectivity index (χ0n) is 10.7. The Morgan fingerprint density at radius 1 is 1.18 bits per heavy atom. The second-order valence-electron chi connectivity index (χ2n) is 4.30. The minimum absolute atomic E-state index is 0.336. The van der Waals surface area contributed by atoms with Crippen molar-refractivity contribution in [1.82, 2.24) is 4.90 Å². The molecule has 1 aromatic rings. The van der Waals surface area contributed by atoms with E-state index in [-0.39, 0.29) is 0 Å². The Hall–Kier alpha value is -0.540. The molecule has 0 heterocycles. The third-order valence-electron chi connectivity index (χ3n) is 3.15. The van der Waals surface area contributed by atoms with Crippen LogP contribution in [0.5, 0.6) is 5.75 Å². The van der Waals surface area contributed by atoms with Crippen LogP contribution in [-0.2, 0) is 6.54 Å². The maximum Gasteiger partial charge on any atom is 0.115 e. The molecule has 96 valence electrons. The first-order valence-corrected chi connectivity index (χ1v) is 7.41. The fourth-order valence-corrected chi connectivity index (χ4v) is 2.60. The first-order valence-electron chi connectivity index (χ1n) is 6.29. The molecule has 3 heteroatoms. The van der Waals surface area contributed by atoms with E-state index in [9.17, 15) is 5.11 Å². The van der Waals surface area contributed by atoms with Gasteiger partial charge in [0.1, 0.15) is 5.75 Å². The van der Waals surface area contributed by atoms with Gasteiger partial charge in [-0.25, -0.2) is 0 Å². The monoisotopic (exact) mass is 299 g/mol. The van der Waals surface area contributed by atoms with Gasteiger partial charge in [0.05, 0.1) is 0 Å². The summed E-state index contributed by atoms with van der Waals surface area (Å²) in [5.74, 6) is 0.336. The van der Waals surface area contributed by atoms with Crippen LogP contribution in [0.15, 0.2) is 24.3 Å². The molecular weight excluding hydrogens is 278 g/mol. The molecule has 0 spiro atoms. The predicted molar refractivity (Wildman–Crippen MR) is 76.7 cm³/mol. The number of halogens is 1. The number of rotatable bonds is 7. The van der Waals surface area contributed by atoms with Crippen LogP contribution in [0.1, 0.15) is 32.3 Å². The molecule has 0 bridgehead atoms. The van der Waals surface area contributed by atoms with Gasteiger partial charge in [-0.1, -0.05) is 41.9 Å². The first-order chi connectivity index (χ1) is 8.21. The van der Waals surface area contributed by atoms with Crippen molar-refractivity contribution >= 4 is 15.9 Å². The van der Waals surface area contributed by atoms with Gasteiger partial charge in [0, 0.05) is 24.5 Å². The molecular formula is C14H22BrNO. The van der Waals surface area contributed by atoms with Gasteiger partial charge in [-0.2, -0.15) is 0 Å². The summed E-state index contributed by atoms with van der Waals surface area (Å²) in [7, 11) is 0. The van der Waals surface area contributed by atoms with Crippen LogP contribution in [0.2, 0.25) is 0 Å². The summed E-state index contributed by atoms with van der Waals surface area (Å²) in [6.45, 7) is 6.50. The molecule has 1 rings (SSSR count). The summed E-state index contributed by atoms with van der Waals surface area (Å²) in [6.07, 6.45) is 2.36. The Labute approximate surface area is 113 Å². The number of benzene rings is 1. The Morgan fingerprint density at radius 3 is 2.24 bits per heavy atom. The lowest BCUT2D eigenvalue weighted by atomic mass is 10.1. The number of phenols is 1. The van der Waals surface area contributed by atoms with Gasteiger partial charge in [-0.15, -0.1) is 0 Å². The van der Waals surface area contributed by atoms with E-state index >= 15 is 0 Å². The summed E-state index contributed by atoms with van der Waals surface area (Å²) in [4.78, 5) is 2.50. The maximum absolute atomic E-state index is 9.27. The number of hydrogen-bond donors (Lipinski definition) is 1. The Balaban J connectivity index is 2.68. The molecule has 2 nitrogen and oxygen atoms in total. The Bertz CT molecular complexity index is 309. The third kappa shape index (κ3) is 4.68. The van der Waals surface area contributed by atoms with Gasteiger partial charge in [0.25, 0.3) is 0 Å². The van der Waals surface area contributed by atoms with Crippen molar-refractivity contribution in [2.24, 2.45) is 0 Å². The average Bonchev–Trinajstić information content (AvgIpc) is 2.34. The average molecular weight is 300 g/mol. The normalized spacial score (nSPS) is 11.4. The number of nitrogens with zero attached hydrogens (tertiary/aromatic N) is 1. The quantitative estimate of drug-likeness (QED) is 0.775. The van der Waals surface area contributed by atoms with E-state index in [0.29, 0.717) is 11.8 Å². The van der Waals surface area contributed by atoms with E-state index in [1.807, 2.05) is 12.1 Å². The molecule has 0 saturated heterocycles. The SMILES string of the molecule is CCC(CC)N(CCBr)Cc1ccc(O)cc1. The van der Waals surface area contributed by atoms with Crippen molar-refractivity contribution in [3.8, 4) is 5.75 Å². The molecule has 0 aliphatic heterocycles. The summed E-state index contributed by atoms with van der Waals surface area (Å²) in [5, 5.41) is 10.3. The van der Waals surface area contributed by atoms with Gasteiger partial charge in [0.15, 0.2) is 0 Å². The second kappa shape index (κ2) is 7.72. The topological polar surface area (TPSA) is 23.5 Å². The van der Waals surface area contributed by atoms with Crippen molar-refractivity contribution in [3.63, 3.8) is 0 Å². The van der Waals surface area contributed by atoms with Gasteiger partial charge in [-0.3, -0.25) is 4.90 Å². The Kier molecular flexibility index (Phi) is 6.60. The molecule has 0 unspecified atom stereocenters. The number of alkyl halides is 1. The highest BCUT2D eigenvalue weighted by Gasteiger charge is 2.14. The van der Waals surface area contributed by atoms with E-state index in [4.69, 9.17) is 0 Å². The van der Waals surface area contributed by atoms with Crippen molar-refractivity contribution in [3.05, 3.63) is 29.8 Å². The summed E-state index contributed by atoms with van der Waals surface area (Å²) < 4.78 is 0. The molecule has 0 aromatic heterocycles. The lowest BCUT2D eigenvalue weighted by Gasteiger charge is -2.29. The fraction of sp³-hybridized carbons (Fsp3) is 0.571. The van der Waals surface area contributed by atoms with Crippen LogP contribution < -0.4 is 0 Å². The summed E-state index contributed by atoms with van der Waals surface area (Å²) in [6, 6.07) is 8.16. The molecule has 0 aliphatic carbocycles. The zero-order valence-corrected chi connectivity index (χ0v) is 12.3. The van der Waals surface area contributed by atoms with E-state index in [1.54, 1.807) is 12.1 Å². The van der Waals surface area contributed by atoms with E-state index in [0.717, 1.165) is 18.4 Å². The van der Waals surface area contributed by atoms with E-state index in [2.05, 4.69) is 34.7 Å². The van der Waals surface area contributed by atoms with Crippen molar-refractivity contribution in [1.29, 1.82) is 0 Å². The predicted octanol–water partition coefficient (Wildman–Crippen LogP) is 3.78. The standard InChI is InChI=1S/C14H22BrNO/c1-3-13(4-2)16(10-9-15)11-12-5-7-14(17)8-6-12/h5-8,13,17H,3-4,9-11H2,1-2H3. The molecule has 0 atom stereocenters. The van der Waals surface area contributed by atoms with Gasteiger partial charge in [-0.05, 0) is 30.5 Å². The van der Waals surface area contributed by atoms with Crippen LogP contribution in [0.4, 0.5) is 0 Å². The van der Waals surface area contributed by atoms with E-state index in [1.165, 1.54) is 18.4 Å². The van der Waals surface area contributed by atoms with Gasteiger partial charge < -0.3 is 5.11 Å². The smallest absolute Gasteiger partial charge is 0.115 e. The molecule has 0 aliphatic rings. The highest BCUT2D eigenvalue weighted by atomic mass is 79.9. The number of aromatic hydroxyl groups is 1. The number of hydrogen-bond acceptors (Lipinski definition) is 2. The van der Waals surface area contributed by atoms with Crippen LogP contribution >= 0.6 is 15.9 Å². The molecule has 0 amide bonds. The minimum atomic E-state index is 0.336.